The van der Waals surface area contributed by atoms with Crippen molar-refractivity contribution in [3.8, 4) is 11.5 Å². The molecule has 0 saturated heterocycles. The zero-order chi connectivity index (χ0) is 18.4. The molecule has 132 valence electrons. The first-order chi connectivity index (χ1) is 11.7. The van der Waals surface area contributed by atoms with E-state index in [1.807, 2.05) is 0 Å². The Kier molecular flexibility index (Phi) is 5.86. The van der Waals surface area contributed by atoms with Crippen LogP contribution in [0.5, 0.6) is 11.5 Å². The van der Waals surface area contributed by atoms with Gasteiger partial charge >= 0.3 is 22.2 Å². The highest BCUT2D eigenvalue weighted by Crippen LogP contribution is 2.22. The zero-order valence-corrected chi connectivity index (χ0v) is 14.0. The molecule has 8 nitrogen and oxygen atoms in total. The molecule has 25 heavy (non-hydrogen) atoms. The third-order valence-electron chi connectivity index (χ3n) is 2.86. The van der Waals surface area contributed by atoms with Gasteiger partial charge in [-0.3, -0.25) is 8.98 Å². The summed E-state index contributed by atoms with van der Waals surface area (Å²) in [5, 5.41) is 4.76. The van der Waals surface area contributed by atoms with Crippen LogP contribution in [0.2, 0.25) is 0 Å². The number of esters is 2. The second-order valence-corrected chi connectivity index (χ2v) is 6.10. The highest BCUT2D eigenvalue weighted by molar-refractivity contribution is 7.84. The van der Waals surface area contributed by atoms with Gasteiger partial charge < -0.3 is 9.47 Å². The smallest absolute Gasteiger partial charge is 0.347 e. The lowest BCUT2D eigenvalue weighted by Gasteiger charge is -2.09. The molecule has 0 bridgehead atoms. The summed E-state index contributed by atoms with van der Waals surface area (Å²) in [5.74, 6) is -1.06. The van der Waals surface area contributed by atoms with Crippen molar-refractivity contribution in [1.82, 2.24) is 0 Å². The number of carbonyl (C=O) groups is 2. The van der Waals surface area contributed by atoms with Gasteiger partial charge in [-0.1, -0.05) is 24.3 Å². The summed E-state index contributed by atoms with van der Waals surface area (Å²) in [7, 11) is -4.07. The van der Waals surface area contributed by atoms with Crippen LogP contribution in [0.4, 0.5) is 0 Å². The molecule has 2 N–H and O–H groups in total. The predicted octanol–water partition coefficient (Wildman–Crippen LogP) is 1.55. The van der Waals surface area contributed by atoms with Crippen LogP contribution in [0.1, 0.15) is 22.8 Å². The van der Waals surface area contributed by atoms with Gasteiger partial charge in [-0.2, -0.15) is 8.42 Å². The predicted molar refractivity (Wildman–Crippen MR) is 87.0 cm³/mol. The van der Waals surface area contributed by atoms with E-state index in [9.17, 15) is 18.0 Å². The topological polar surface area (TPSA) is 122 Å². The molecule has 0 atom stereocenters. The van der Waals surface area contributed by atoms with Crippen LogP contribution in [0, 0.1) is 0 Å². The van der Waals surface area contributed by atoms with Crippen molar-refractivity contribution in [3.05, 3.63) is 59.7 Å². The van der Waals surface area contributed by atoms with E-state index in [0.29, 0.717) is 5.56 Å². The van der Waals surface area contributed by atoms with E-state index < -0.39 is 22.2 Å². The summed E-state index contributed by atoms with van der Waals surface area (Å²) in [4.78, 5) is 23.4. The van der Waals surface area contributed by atoms with Crippen molar-refractivity contribution in [2.75, 3.05) is 0 Å². The first-order valence-corrected chi connectivity index (χ1v) is 8.47. The third kappa shape index (κ3) is 5.99. The molecule has 9 heteroatoms. The number of hydrogen-bond donors (Lipinski definition) is 1. The largest absolute Gasteiger partial charge is 0.426 e. The average molecular weight is 365 g/mol. The van der Waals surface area contributed by atoms with E-state index in [0.717, 1.165) is 0 Å². The second kappa shape index (κ2) is 7.88. The van der Waals surface area contributed by atoms with Crippen LogP contribution in [0.3, 0.4) is 0 Å². The number of nitrogens with two attached hydrogens (primary N) is 1. The van der Waals surface area contributed by atoms with E-state index in [-0.39, 0.29) is 23.7 Å². The minimum Gasteiger partial charge on any atom is -0.426 e. The SMILES string of the molecule is CC(=O)Oc1ccccc1C(=O)Oc1cccc(COS(N)(=O)=O)c1. The molecule has 0 spiro atoms. The Morgan fingerprint density at radius 1 is 1.04 bits per heavy atom. The zero-order valence-electron chi connectivity index (χ0n) is 13.2. The Morgan fingerprint density at radius 3 is 2.44 bits per heavy atom. The number of rotatable bonds is 6. The Bertz CT molecular complexity index is 893. The van der Waals surface area contributed by atoms with Crippen molar-refractivity contribution in [3.63, 3.8) is 0 Å². The molecule has 0 fully saturated rings. The Morgan fingerprint density at radius 2 is 1.76 bits per heavy atom. The van der Waals surface area contributed by atoms with Gasteiger partial charge in [0.2, 0.25) is 0 Å². The van der Waals surface area contributed by atoms with Gasteiger partial charge in [0.25, 0.3) is 0 Å². The molecule has 0 amide bonds. The highest BCUT2D eigenvalue weighted by Gasteiger charge is 2.16. The fourth-order valence-corrected chi connectivity index (χ4v) is 2.19. The molecule has 2 rings (SSSR count). The average Bonchev–Trinajstić information content (AvgIpc) is 2.52. The Labute approximate surface area is 144 Å². The second-order valence-electron chi connectivity index (χ2n) is 4.88. The van der Waals surface area contributed by atoms with Crippen LogP contribution in [-0.4, -0.2) is 20.4 Å². The molecule has 0 radical (unpaired) electrons. The molecule has 0 aliphatic rings. The molecule has 0 aliphatic carbocycles. The van der Waals surface area contributed by atoms with Crippen LogP contribution in [-0.2, 0) is 25.9 Å². The highest BCUT2D eigenvalue weighted by atomic mass is 32.2. The maximum absolute atomic E-state index is 12.3. The summed E-state index contributed by atoms with van der Waals surface area (Å²) in [6.07, 6.45) is 0. The van der Waals surface area contributed by atoms with Crippen LogP contribution >= 0.6 is 0 Å². The molecule has 0 heterocycles. The minimum absolute atomic E-state index is 0.0730. The number of ether oxygens (including phenoxy) is 2. The summed E-state index contributed by atoms with van der Waals surface area (Å²) >= 11 is 0. The van der Waals surface area contributed by atoms with Crippen LogP contribution in [0.25, 0.3) is 0 Å². The first-order valence-electron chi connectivity index (χ1n) is 7.00. The fraction of sp³-hybridized carbons (Fsp3) is 0.125. The fourth-order valence-electron chi connectivity index (χ4n) is 1.89. The van der Waals surface area contributed by atoms with E-state index in [1.54, 1.807) is 24.3 Å². The third-order valence-corrected chi connectivity index (χ3v) is 3.31. The first kappa shape index (κ1) is 18.6. The lowest BCUT2D eigenvalue weighted by molar-refractivity contribution is -0.131. The van der Waals surface area contributed by atoms with Crippen LogP contribution < -0.4 is 14.6 Å². The molecule has 2 aromatic carbocycles. The lowest BCUT2D eigenvalue weighted by Crippen LogP contribution is -2.15. The number of benzene rings is 2. The molecule has 0 aliphatic heterocycles. The van der Waals surface area contributed by atoms with E-state index in [1.165, 1.54) is 31.2 Å². The van der Waals surface area contributed by atoms with E-state index >= 15 is 0 Å². The van der Waals surface area contributed by atoms with Gasteiger partial charge in [-0.25, -0.2) is 9.93 Å². The Hall–Kier alpha value is -2.75. The molecule has 2 aromatic rings. The summed E-state index contributed by atoms with van der Waals surface area (Å²) in [6.45, 7) is 0.922. The quantitative estimate of drug-likeness (QED) is 0.609. The van der Waals surface area contributed by atoms with Gasteiger partial charge in [0.15, 0.2) is 0 Å². The maximum atomic E-state index is 12.3. The van der Waals surface area contributed by atoms with Gasteiger partial charge in [0.05, 0.1) is 6.61 Å². The minimum atomic E-state index is -4.07. The standard InChI is InChI=1S/C16H15NO7S/c1-11(18)23-15-8-3-2-7-14(15)16(19)24-13-6-4-5-12(9-13)10-22-25(17,20)21/h2-9H,10H2,1H3,(H2,17,20,21). The van der Waals surface area contributed by atoms with Crippen molar-refractivity contribution >= 4 is 22.2 Å². The summed E-state index contributed by atoms with van der Waals surface area (Å²) in [6, 6.07) is 12.2. The molecule has 0 unspecified atom stereocenters. The summed E-state index contributed by atoms with van der Waals surface area (Å²) in [5.41, 5.74) is 0.511. The molecular weight excluding hydrogens is 350 g/mol. The van der Waals surface area contributed by atoms with E-state index in [4.69, 9.17) is 14.6 Å². The number of hydrogen-bond acceptors (Lipinski definition) is 7. The molecule has 0 aromatic heterocycles. The van der Waals surface area contributed by atoms with Crippen LogP contribution in [0.15, 0.2) is 48.5 Å². The maximum Gasteiger partial charge on any atom is 0.347 e. The number of carbonyl (C=O) groups excluding carboxylic acids is 2. The molecular formula is C16H15NO7S. The Balaban J connectivity index is 2.15. The van der Waals surface area contributed by atoms with Gasteiger partial charge in [0, 0.05) is 6.92 Å². The van der Waals surface area contributed by atoms with Gasteiger partial charge in [-0.15, -0.1) is 0 Å². The normalized spacial score (nSPS) is 11.0. The van der Waals surface area contributed by atoms with Crippen molar-refractivity contribution in [2.24, 2.45) is 5.14 Å². The molecule has 0 saturated carbocycles. The van der Waals surface area contributed by atoms with Crippen molar-refractivity contribution in [2.45, 2.75) is 13.5 Å². The number of para-hydroxylation sites is 1. The van der Waals surface area contributed by atoms with Crippen molar-refractivity contribution < 1.29 is 31.7 Å². The lowest BCUT2D eigenvalue weighted by atomic mass is 10.2. The van der Waals surface area contributed by atoms with Gasteiger partial charge in [-0.05, 0) is 29.8 Å². The van der Waals surface area contributed by atoms with Gasteiger partial charge in [0.1, 0.15) is 17.1 Å². The monoisotopic (exact) mass is 365 g/mol. The van der Waals surface area contributed by atoms with E-state index in [2.05, 4.69) is 4.18 Å². The van der Waals surface area contributed by atoms with Crippen molar-refractivity contribution in [1.29, 1.82) is 0 Å². The summed E-state index contributed by atoms with van der Waals surface area (Å²) < 4.78 is 36.3.